The lowest BCUT2D eigenvalue weighted by Crippen LogP contribution is -2.18. The van der Waals surface area contributed by atoms with E-state index >= 15 is 0 Å². The lowest BCUT2D eigenvalue weighted by molar-refractivity contribution is -0.141. The highest BCUT2D eigenvalue weighted by atomic mass is 32.1. The van der Waals surface area contributed by atoms with Crippen LogP contribution in [0, 0.1) is 0 Å². The largest absolute Gasteiger partial charge is 0.493 e. The Morgan fingerprint density at radius 1 is 0.976 bits per heavy atom. The van der Waals surface area contributed by atoms with Gasteiger partial charge in [-0.1, -0.05) is 36.4 Å². The first-order valence-corrected chi connectivity index (χ1v) is 12.9. The Hall–Kier alpha value is -4.91. The number of hydrogen-bond donors (Lipinski definition) is 1. The summed E-state index contributed by atoms with van der Waals surface area (Å²) in [6.07, 6.45) is -3.30. The first-order chi connectivity index (χ1) is 19.7. The molecule has 0 atom stereocenters. The van der Waals surface area contributed by atoms with Crippen LogP contribution in [0.15, 0.2) is 71.1 Å². The van der Waals surface area contributed by atoms with E-state index in [0.29, 0.717) is 28.4 Å². The second kappa shape index (κ2) is 11.3. The van der Waals surface area contributed by atoms with Crippen LogP contribution in [0.3, 0.4) is 0 Å². The van der Waals surface area contributed by atoms with Crippen molar-refractivity contribution in [2.75, 3.05) is 21.3 Å². The molecule has 0 saturated carbocycles. The average Bonchev–Trinajstić information content (AvgIpc) is 3.64. The molecule has 5 aromatic rings. The van der Waals surface area contributed by atoms with Gasteiger partial charge in [0.1, 0.15) is 5.69 Å². The fourth-order valence-electron chi connectivity index (χ4n) is 4.08. The molecular formula is C28H22F3N5O4S. The monoisotopic (exact) mass is 581 g/mol. The number of methoxy groups -OCH3 is 3. The molecule has 0 saturated heterocycles. The van der Waals surface area contributed by atoms with Crippen LogP contribution in [0.4, 0.5) is 13.2 Å². The summed E-state index contributed by atoms with van der Waals surface area (Å²) in [4.78, 5) is 17.0. The summed E-state index contributed by atoms with van der Waals surface area (Å²) in [5.74, 6) is 0.556. The Labute approximate surface area is 235 Å². The van der Waals surface area contributed by atoms with Gasteiger partial charge in [-0.3, -0.25) is 4.79 Å². The topological polar surface area (TPSA) is 99.9 Å². The number of carbonyl (C=O) groups is 1. The molecule has 0 spiro atoms. The van der Waals surface area contributed by atoms with Gasteiger partial charge < -0.3 is 14.2 Å². The second-order valence-corrected chi connectivity index (χ2v) is 9.40. The average molecular weight is 582 g/mol. The molecule has 41 heavy (non-hydrogen) atoms. The zero-order valence-electron chi connectivity index (χ0n) is 21.9. The minimum absolute atomic E-state index is 0.0411. The molecule has 9 nitrogen and oxygen atoms in total. The molecular weight excluding hydrogens is 559 g/mol. The van der Waals surface area contributed by atoms with Gasteiger partial charge in [0.05, 0.1) is 33.2 Å². The van der Waals surface area contributed by atoms with E-state index in [1.165, 1.54) is 32.9 Å². The van der Waals surface area contributed by atoms with E-state index in [4.69, 9.17) is 14.2 Å². The van der Waals surface area contributed by atoms with E-state index in [-0.39, 0.29) is 16.5 Å². The SMILES string of the molecule is COc1cc(C=NNC(=O)c2csc(-n3nc(C(F)(F)F)cc3-c3ccc4ccccc4c3)n2)cc(OC)c1OC. The minimum atomic E-state index is -4.67. The van der Waals surface area contributed by atoms with Crippen LogP contribution in [-0.2, 0) is 6.18 Å². The van der Waals surface area contributed by atoms with Crippen LogP contribution >= 0.6 is 11.3 Å². The number of nitrogens with one attached hydrogen (secondary N) is 1. The van der Waals surface area contributed by atoms with Crippen molar-refractivity contribution >= 4 is 34.2 Å². The molecule has 1 N–H and O–H groups in total. The molecule has 13 heteroatoms. The second-order valence-electron chi connectivity index (χ2n) is 8.56. The highest BCUT2D eigenvalue weighted by molar-refractivity contribution is 7.12. The lowest BCUT2D eigenvalue weighted by Gasteiger charge is -2.12. The Bertz CT molecular complexity index is 1740. The Kier molecular flexibility index (Phi) is 7.62. The highest BCUT2D eigenvalue weighted by Gasteiger charge is 2.35. The van der Waals surface area contributed by atoms with E-state index in [2.05, 4.69) is 20.6 Å². The van der Waals surface area contributed by atoms with Crippen LogP contribution in [0.2, 0.25) is 0 Å². The summed E-state index contributed by atoms with van der Waals surface area (Å²) in [5, 5.41) is 11.0. The van der Waals surface area contributed by atoms with Crippen molar-refractivity contribution < 1.29 is 32.2 Å². The molecule has 0 unspecified atom stereocenters. The van der Waals surface area contributed by atoms with Gasteiger partial charge >= 0.3 is 6.18 Å². The zero-order chi connectivity index (χ0) is 29.1. The van der Waals surface area contributed by atoms with Gasteiger partial charge in [0.2, 0.25) is 10.9 Å². The number of benzene rings is 3. The summed E-state index contributed by atoms with van der Waals surface area (Å²) < 4.78 is 57.8. The maximum atomic E-state index is 13.6. The fourth-order valence-corrected chi connectivity index (χ4v) is 4.85. The summed E-state index contributed by atoms with van der Waals surface area (Å²) in [7, 11) is 4.43. The number of halogens is 3. The zero-order valence-corrected chi connectivity index (χ0v) is 22.7. The van der Waals surface area contributed by atoms with E-state index in [9.17, 15) is 18.0 Å². The van der Waals surface area contributed by atoms with E-state index in [1.54, 1.807) is 24.3 Å². The van der Waals surface area contributed by atoms with E-state index in [1.807, 2.05) is 30.3 Å². The molecule has 0 fully saturated rings. The number of fused-ring (bicyclic) bond motifs is 1. The van der Waals surface area contributed by atoms with Crippen LogP contribution in [-0.4, -0.2) is 48.2 Å². The van der Waals surface area contributed by atoms with E-state index < -0.39 is 17.8 Å². The van der Waals surface area contributed by atoms with Crippen molar-refractivity contribution in [3.05, 3.63) is 83.0 Å². The van der Waals surface area contributed by atoms with Crippen LogP contribution in [0.25, 0.3) is 27.2 Å². The van der Waals surface area contributed by atoms with Gasteiger partial charge in [0.15, 0.2) is 17.2 Å². The number of rotatable bonds is 8. The number of hydrogen-bond acceptors (Lipinski definition) is 8. The summed E-state index contributed by atoms with van der Waals surface area (Å²) in [6.45, 7) is 0. The number of thiazole rings is 1. The predicted octanol–water partition coefficient (Wildman–Crippen LogP) is 5.96. The minimum Gasteiger partial charge on any atom is -0.493 e. The quantitative estimate of drug-likeness (QED) is 0.179. The molecule has 2 heterocycles. The van der Waals surface area contributed by atoms with Crippen LogP contribution < -0.4 is 19.6 Å². The van der Waals surface area contributed by atoms with Crippen molar-refractivity contribution in [3.8, 4) is 33.6 Å². The Morgan fingerprint density at radius 2 is 1.68 bits per heavy atom. The van der Waals surface area contributed by atoms with Gasteiger partial charge in [-0.15, -0.1) is 11.3 Å². The van der Waals surface area contributed by atoms with Gasteiger partial charge in [-0.05, 0) is 35.0 Å². The van der Waals surface area contributed by atoms with Crippen molar-refractivity contribution in [2.45, 2.75) is 6.18 Å². The third kappa shape index (κ3) is 5.70. The summed E-state index contributed by atoms with van der Waals surface area (Å²) in [5.41, 5.74) is 2.50. The lowest BCUT2D eigenvalue weighted by atomic mass is 10.0. The third-order valence-electron chi connectivity index (χ3n) is 6.02. The van der Waals surface area contributed by atoms with Gasteiger partial charge in [0.25, 0.3) is 5.91 Å². The van der Waals surface area contributed by atoms with Crippen LogP contribution in [0.1, 0.15) is 21.7 Å². The van der Waals surface area contributed by atoms with Gasteiger partial charge in [0, 0.05) is 16.5 Å². The maximum Gasteiger partial charge on any atom is 0.435 e. The number of amides is 1. The Balaban J connectivity index is 1.41. The number of carbonyl (C=O) groups excluding carboxylic acids is 1. The molecule has 0 radical (unpaired) electrons. The third-order valence-corrected chi connectivity index (χ3v) is 6.83. The molecule has 210 valence electrons. The molecule has 5 rings (SSSR count). The summed E-state index contributed by atoms with van der Waals surface area (Å²) in [6, 6.07) is 17.1. The fraction of sp³-hybridized carbons (Fsp3) is 0.143. The first kappa shape index (κ1) is 27.6. The molecule has 0 aliphatic heterocycles. The normalized spacial score (nSPS) is 11.7. The predicted molar refractivity (Wildman–Crippen MR) is 148 cm³/mol. The first-order valence-electron chi connectivity index (χ1n) is 12.0. The van der Waals surface area contributed by atoms with E-state index in [0.717, 1.165) is 32.9 Å². The molecule has 0 aliphatic carbocycles. The van der Waals surface area contributed by atoms with Crippen molar-refractivity contribution in [1.29, 1.82) is 0 Å². The van der Waals surface area contributed by atoms with Crippen LogP contribution in [0.5, 0.6) is 17.2 Å². The summed E-state index contributed by atoms with van der Waals surface area (Å²) >= 11 is 0.974. The highest BCUT2D eigenvalue weighted by Crippen LogP contribution is 2.38. The number of ether oxygens (including phenoxy) is 3. The van der Waals surface area contributed by atoms with Gasteiger partial charge in [-0.2, -0.15) is 23.4 Å². The number of aromatic nitrogens is 3. The number of nitrogens with zero attached hydrogens (tertiary/aromatic N) is 4. The molecule has 2 aromatic heterocycles. The molecule has 3 aromatic carbocycles. The van der Waals surface area contributed by atoms with Gasteiger partial charge in [-0.25, -0.2) is 15.1 Å². The van der Waals surface area contributed by atoms with Crippen molar-refractivity contribution in [2.24, 2.45) is 5.10 Å². The van der Waals surface area contributed by atoms with Crippen molar-refractivity contribution in [3.63, 3.8) is 0 Å². The molecule has 1 amide bonds. The maximum absolute atomic E-state index is 13.6. The number of alkyl halides is 3. The van der Waals surface area contributed by atoms with Crippen molar-refractivity contribution in [1.82, 2.24) is 20.2 Å². The molecule has 0 bridgehead atoms. The smallest absolute Gasteiger partial charge is 0.435 e. The Morgan fingerprint density at radius 3 is 2.34 bits per heavy atom. The number of hydrazone groups is 1. The molecule has 0 aliphatic rings. The standard InChI is InChI=1S/C28H22F3N5O4S/c1-38-22-10-16(11-23(39-2)25(22)40-3)14-32-34-26(37)20-15-41-27(33-20)36-21(13-24(35-36)28(29,30)31)19-9-8-17-6-4-5-7-18(17)12-19/h4-15H,1-3H3,(H,34,37).